The Labute approximate surface area is 361 Å². The van der Waals surface area contributed by atoms with Gasteiger partial charge in [0.15, 0.2) is 5.82 Å². The zero-order valence-corrected chi connectivity index (χ0v) is 36.5. The number of aromatic hydroxyl groups is 1. The molecule has 0 radical (unpaired) electrons. The van der Waals surface area contributed by atoms with Crippen molar-refractivity contribution in [3.8, 4) is 27.4 Å². The number of likely N-dealkylation sites (tertiary alicyclic amines) is 2. The minimum atomic E-state index is -0.885. The van der Waals surface area contributed by atoms with Crippen molar-refractivity contribution in [3.63, 3.8) is 0 Å². The number of aliphatic hydroxyl groups is 1. The number of amides is 3. The third-order valence-corrected chi connectivity index (χ3v) is 13.8. The molecule has 324 valence electrons. The number of hydrogen-bond acceptors (Lipinski definition) is 13. The number of aliphatic hydroxyl groups excluding tert-OH is 1. The van der Waals surface area contributed by atoms with E-state index in [4.69, 9.17) is 0 Å². The molecule has 2 unspecified atom stereocenters. The SMILES string of the molecule is Cc1ncsc1-c1ccc(C(C)NC(=O)[C@@H]2C[C@@H](O)CN2C(=O)C(NC(=O)CN2CCC(N3CCN4c5cc(-c6ccccc6O)nnc5NC[C@H]4C3)CC2)C(C)(C)C)cc1. The molecule has 5 N–H and O–H groups in total. The number of carbonyl (C=O) groups excluding carboxylic acids is 3. The Bertz CT molecular complexity index is 2220. The summed E-state index contributed by atoms with van der Waals surface area (Å²) in [6, 6.07) is 15.8. The number of piperazine rings is 1. The molecule has 2 aromatic heterocycles. The van der Waals surface area contributed by atoms with E-state index < -0.39 is 23.6 Å². The van der Waals surface area contributed by atoms with E-state index in [-0.39, 0.29) is 55.1 Å². The summed E-state index contributed by atoms with van der Waals surface area (Å²) in [5.74, 6) is 0.0110. The lowest BCUT2D eigenvalue weighted by Gasteiger charge is -2.49. The topological polar surface area (TPSA) is 179 Å². The normalized spacial score (nSPS) is 22.2. The van der Waals surface area contributed by atoms with Crippen molar-refractivity contribution >= 4 is 40.6 Å². The van der Waals surface area contributed by atoms with E-state index in [0.717, 1.165) is 85.3 Å². The fraction of sp³-hybridized carbons (Fsp3) is 0.511. The van der Waals surface area contributed by atoms with Crippen molar-refractivity contribution in [2.75, 3.05) is 62.6 Å². The number of fused-ring (bicyclic) bond motifs is 3. The van der Waals surface area contributed by atoms with Crippen LogP contribution in [0.25, 0.3) is 21.7 Å². The first-order valence-corrected chi connectivity index (χ1v) is 22.3. The number of para-hydroxylation sites is 1. The number of phenols is 1. The van der Waals surface area contributed by atoms with E-state index in [1.165, 1.54) is 4.90 Å². The van der Waals surface area contributed by atoms with Crippen LogP contribution >= 0.6 is 11.3 Å². The van der Waals surface area contributed by atoms with Gasteiger partial charge in [0, 0.05) is 63.8 Å². The van der Waals surface area contributed by atoms with E-state index in [2.05, 4.69) is 45.8 Å². The lowest BCUT2D eigenvalue weighted by molar-refractivity contribution is -0.144. The smallest absolute Gasteiger partial charge is 0.246 e. The highest BCUT2D eigenvalue weighted by Gasteiger charge is 2.45. The molecule has 0 saturated carbocycles. The van der Waals surface area contributed by atoms with E-state index in [1.54, 1.807) is 23.5 Å². The number of phenolic OH excluding ortho intramolecular Hbond substituents is 1. The van der Waals surface area contributed by atoms with Gasteiger partial charge in [-0.05, 0) is 61.4 Å². The first-order valence-electron chi connectivity index (χ1n) is 21.4. The van der Waals surface area contributed by atoms with Gasteiger partial charge < -0.3 is 36.0 Å². The van der Waals surface area contributed by atoms with Crippen LogP contribution in [0, 0.1) is 12.3 Å². The minimum absolute atomic E-state index is 0.0230. The average molecular weight is 851 g/mol. The molecule has 0 spiro atoms. The summed E-state index contributed by atoms with van der Waals surface area (Å²) < 4.78 is 0. The van der Waals surface area contributed by atoms with E-state index >= 15 is 0 Å². The zero-order valence-electron chi connectivity index (χ0n) is 35.7. The van der Waals surface area contributed by atoms with Crippen LogP contribution in [0.15, 0.2) is 60.1 Å². The number of hydrogen-bond donors (Lipinski definition) is 5. The summed E-state index contributed by atoms with van der Waals surface area (Å²) in [5.41, 5.74) is 6.45. The van der Waals surface area contributed by atoms with Crippen LogP contribution < -0.4 is 20.9 Å². The van der Waals surface area contributed by atoms with Crippen LogP contribution in [-0.2, 0) is 14.4 Å². The van der Waals surface area contributed by atoms with Crippen molar-refractivity contribution in [2.24, 2.45) is 5.41 Å². The van der Waals surface area contributed by atoms with Crippen LogP contribution in [0.1, 0.15) is 64.3 Å². The quantitative estimate of drug-likeness (QED) is 0.155. The summed E-state index contributed by atoms with van der Waals surface area (Å²) in [7, 11) is 0. The number of aryl methyl sites for hydroxylation is 1. The second kappa shape index (κ2) is 17.7. The molecule has 61 heavy (non-hydrogen) atoms. The molecule has 5 atom stereocenters. The molecule has 3 saturated heterocycles. The van der Waals surface area contributed by atoms with Crippen molar-refractivity contribution in [3.05, 3.63) is 71.4 Å². The predicted molar refractivity (Wildman–Crippen MR) is 236 cm³/mol. The van der Waals surface area contributed by atoms with Gasteiger partial charge in [-0.1, -0.05) is 57.2 Å². The Morgan fingerprint density at radius 1 is 0.967 bits per heavy atom. The lowest BCUT2D eigenvalue weighted by Crippen LogP contribution is -2.61. The summed E-state index contributed by atoms with van der Waals surface area (Å²) >= 11 is 1.59. The number of benzene rings is 2. The van der Waals surface area contributed by atoms with Crippen molar-refractivity contribution < 1.29 is 24.6 Å². The first-order chi connectivity index (χ1) is 29.2. The molecule has 4 aliphatic heterocycles. The van der Waals surface area contributed by atoms with Crippen LogP contribution in [0.3, 0.4) is 0 Å². The Morgan fingerprint density at radius 2 is 1.72 bits per heavy atom. The molecule has 0 aliphatic carbocycles. The minimum Gasteiger partial charge on any atom is -0.507 e. The molecule has 0 bridgehead atoms. The van der Waals surface area contributed by atoms with Crippen LogP contribution in [0.4, 0.5) is 11.5 Å². The van der Waals surface area contributed by atoms with Gasteiger partial charge in [0.2, 0.25) is 17.7 Å². The fourth-order valence-electron chi connectivity index (χ4n) is 9.33. The maximum atomic E-state index is 14.3. The number of carbonyl (C=O) groups is 3. The maximum absolute atomic E-state index is 14.3. The van der Waals surface area contributed by atoms with Gasteiger partial charge in [0.1, 0.15) is 17.8 Å². The number of nitrogens with one attached hydrogen (secondary N) is 3. The van der Waals surface area contributed by atoms with Crippen molar-refractivity contribution in [1.29, 1.82) is 0 Å². The molecule has 8 rings (SSSR count). The Kier molecular flexibility index (Phi) is 12.3. The molecular weight excluding hydrogens is 793 g/mol. The number of aromatic nitrogens is 3. The van der Waals surface area contributed by atoms with Crippen molar-refractivity contribution in [1.82, 2.24) is 40.5 Å². The number of anilines is 2. The average Bonchev–Trinajstić information content (AvgIpc) is 3.87. The van der Waals surface area contributed by atoms with Gasteiger partial charge in [-0.15, -0.1) is 21.5 Å². The third kappa shape index (κ3) is 9.22. The Balaban J connectivity index is 0.833. The molecule has 4 aliphatic rings. The van der Waals surface area contributed by atoms with Gasteiger partial charge in [-0.25, -0.2) is 4.98 Å². The molecular formula is C45H58N10O5S. The third-order valence-electron chi connectivity index (χ3n) is 12.8. The molecule has 15 nitrogen and oxygen atoms in total. The highest BCUT2D eigenvalue weighted by Crippen LogP contribution is 2.37. The molecule has 3 fully saturated rings. The molecule has 2 aromatic carbocycles. The maximum Gasteiger partial charge on any atom is 0.246 e. The van der Waals surface area contributed by atoms with Gasteiger partial charge in [0.25, 0.3) is 0 Å². The molecule has 6 heterocycles. The van der Waals surface area contributed by atoms with E-state index in [0.29, 0.717) is 17.3 Å². The van der Waals surface area contributed by atoms with Crippen LogP contribution in [-0.4, -0.2) is 140 Å². The van der Waals surface area contributed by atoms with E-state index in [9.17, 15) is 24.6 Å². The van der Waals surface area contributed by atoms with Gasteiger partial charge in [-0.3, -0.25) is 24.2 Å². The fourth-order valence-corrected chi connectivity index (χ4v) is 10.1. The first kappa shape index (κ1) is 42.5. The van der Waals surface area contributed by atoms with Gasteiger partial charge >= 0.3 is 0 Å². The summed E-state index contributed by atoms with van der Waals surface area (Å²) in [6.07, 6.45) is 1.15. The van der Waals surface area contributed by atoms with Crippen LogP contribution in [0.2, 0.25) is 0 Å². The summed E-state index contributed by atoms with van der Waals surface area (Å²) in [5, 5.41) is 39.6. The number of piperidine rings is 1. The van der Waals surface area contributed by atoms with Gasteiger partial charge in [-0.2, -0.15) is 0 Å². The van der Waals surface area contributed by atoms with E-state index in [1.807, 2.05) is 82.6 Å². The molecule has 16 heteroatoms. The summed E-state index contributed by atoms with van der Waals surface area (Å²) in [4.78, 5) is 55.7. The van der Waals surface area contributed by atoms with Crippen molar-refractivity contribution in [2.45, 2.75) is 90.2 Å². The molecule has 4 aromatic rings. The molecule has 3 amide bonds. The van der Waals surface area contributed by atoms with Gasteiger partial charge in [0.05, 0.1) is 52.2 Å². The van der Waals surface area contributed by atoms with Crippen LogP contribution in [0.5, 0.6) is 5.75 Å². The second-order valence-corrected chi connectivity index (χ2v) is 18.9. The zero-order chi connectivity index (χ0) is 43.0. The largest absolute Gasteiger partial charge is 0.507 e. The predicted octanol–water partition coefficient (Wildman–Crippen LogP) is 4.03. The lowest BCUT2D eigenvalue weighted by atomic mass is 9.85. The number of thiazole rings is 1. The summed E-state index contributed by atoms with van der Waals surface area (Å²) in [6.45, 7) is 14.8. The Hall–Kier alpha value is -5.16. The second-order valence-electron chi connectivity index (χ2n) is 18.1. The number of nitrogens with zero attached hydrogens (tertiary/aromatic N) is 7. The monoisotopic (exact) mass is 850 g/mol. The number of β-amino-alcohol motifs (C(OH)–C–C–N with tert-alkyl or cyclic N) is 1. The number of rotatable bonds is 10. The highest BCUT2D eigenvalue weighted by molar-refractivity contribution is 7.13. The highest BCUT2D eigenvalue weighted by atomic mass is 32.1. The standard InChI is InChI=1S/C45H58N10O5S/c1-27(29-10-12-30(13-11-29)40-28(2)47-26-61-40)48-43(59)37-20-33(56)24-55(37)44(60)41(45(3,4)5)49-39(58)25-52-16-14-31(15-17-52)53-18-19-54-32(23-53)22-46-42-36(54)21-35(50-51-42)34-8-6-7-9-38(34)57/h6-13,21,26-27,31-33,37,41,56-57H,14-20,22-25H2,1-5H3,(H,46,51)(H,48,59)(H,49,58)/t27?,32-,33+,37-,41?/m0/s1. The Morgan fingerprint density at radius 3 is 2.43 bits per heavy atom.